The maximum atomic E-state index is 13.1. The molecule has 0 aromatic heterocycles. The number of carbonyl (C=O) groups excluding carboxylic acids is 1. The highest BCUT2D eigenvalue weighted by Crippen LogP contribution is 2.24. The van der Waals surface area contributed by atoms with E-state index in [1.54, 1.807) is 20.8 Å². The van der Waals surface area contributed by atoms with Gasteiger partial charge >= 0.3 is 6.09 Å². The first kappa shape index (κ1) is 24.1. The van der Waals surface area contributed by atoms with Crippen LogP contribution in [0.15, 0.2) is 23.1 Å². The molecule has 1 saturated heterocycles. The molecule has 1 heterocycles. The number of carbonyl (C=O) groups is 1. The highest BCUT2D eigenvalue weighted by molar-refractivity contribution is 7.89. The molecule has 1 atom stereocenters. The summed E-state index contributed by atoms with van der Waals surface area (Å²) < 4.78 is 32.8. The fourth-order valence-electron chi connectivity index (χ4n) is 3.31. The molecule has 30 heavy (non-hydrogen) atoms. The maximum absolute atomic E-state index is 13.1. The molecule has 1 aromatic rings. The van der Waals surface area contributed by atoms with Crippen LogP contribution in [0.1, 0.15) is 51.7 Å². The van der Waals surface area contributed by atoms with Gasteiger partial charge < -0.3 is 15.2 Å². The Balaban J connectivity index is 2.08. The minimum Gasteiger partial charge on any atom is -0.444 e. The van der Waals surface area contributed by atoms with Crippen LogP contribution < -0.4 is 5.32 Å². The van der Waals surface area contributed by atoms with E-state index in [0.717, 1.165) is 0 Å². The van der Waals surface area contributed by atoms with Gasteiger partial charge in [0.25, 0.3) is 0 Å². The summed E-state index contributed by atoms with van der Waals surface area (Å²) in [5.74, 6) is -0.0790. The van der Waals surface area contributed by atoms with Crippen molar-refractivity contribution >= 4 is 16.1 Å². The van der Waals surface area contributed by atoms with E-state index < -0.39 is 21.7 Å². The summed E-state index contributed by atoms with van der Waals surface area (Å²) in [5.41, 5.74) is 0.436. The molecule has 8 nitrogen and oxygen atoms in total. The summed E-state index contributed by atoms with van der Waals surface area (Å²) in [5, 5.41) is 21.4. The lowest BCUT2D eigenvalue weighted by atomic mass is 9.98. The number of aliphatic hydroxyl groups excluding tert-OH is 1. The van der Waals surface area contributed by atoms with Crippen LogP contribution in [0, 0.1) is 17.2 Å². The first-order chi connectivity index (χ1) is 14.0. The number of hydrogen-bond donors (Lipinski definition) is 2. The lowest BCUT2D eigenvalue weighted by molar-refractivity contribution is 0.0489. The van der Waals surface area contributed by atoms with Crippen LogP contribution in [0.5, 0.6) is 0 Å². The molecule has 1 aliphatic rings. The van der Waals surface area contributed by atoms with E-state index in [2.05, 4.69) is 11.4 Å². The van der Waals surface area contributed by atoms with Crippen molar-refractivity contribution in [3.05, 3.63) is 29.3 Å². The second-order valence-electron chi connectivity index (χ2n) is 8.75. The number of aliphatic hydroxyl groups is 1. The molecule has 2 rings (SSSR count). The average molecular weight is 438 g/mol. The molecule has 2 N–H and O–H groups in total. The van der Waals surface area contributed by atoms with Gasteiger partial charge in [-0.3, -0.25) is 0 Å². The number of nitrogens with zero attached hydrogens (tertiary/aromatic N) is 2. The number of nitriles is 1. The maximum Gasteiger partial charge on any atom is 0.407 e. The Hall–Kier alpha value is -2.15. The van der Waals surface area contributed by atoms with E-state index >= 15 is 0 Å². The third-order valence-electron chi connectivity index (χ3n) is 4.89. The normalized spacial score (nSPS) is 17.2. The van der Waals surface area contributed by atoms with E-state index in [-0.39, 0.29) is 36.6 Å². The largest absolute Gasteiger partial charge is 0.444 e. The van der Waals surface area contributed by atoms with Crippen LogP contribution in [-0.2, 0) is 21.2 Å². The highest BCUT2D eigenvalue weighted by atomic mass is 32.2. The zero-order chi connectivity index (χ0) is 22.5. The van der Waals surface area contributed by atoms with Gasteiger partial charge in [-0.2, -0.15) is 9.57 Å². The molecule has 1 aromatic carbocycles. The molecule has 0 saturated carbocycles. The fraction of sp³-hybridized carbons (Fsp3) is 0.619. The third kappa shape index (κ3) is 6.42. The van der Waals surface area contributed by atoms with Crippen LogP contribution in [0.3, 0.4) is 0 Å². The van der Waals surface area contributed by atoms with Crippen molar-refractivity contribution in [2.24, 2.45) is 5.92 Å². The summed E-state index contributed by atoms with van der Waals surface area (Å²) in [6.07, 6.45) is 0.898. The SMILES string of the molecule is C[C@H](CO)Cc1cc(S(=O)(=O)N2CCC(NC(=O)OC(C)(C)C)CC2)ccc1C#N. The monoisotopic (exact) mass is 437 g/mol. The van der Waals surface area contributed by atoms with Crippen molar-refractivity contribution in [2.45, 2.75) is 63.5 Å². The molecule has 0 bridgehead atoms. The number of hydrogen-bond acceptors (Lipinski definition) is 6. The number of alkyl carbamates (subject to hydrolysis) is 1. The van der Waals surface area contributed by atoms with Crippen molar-refractivity contribution in [1.82, 2.24) is 9.62 Å². The first-order valence-corrected chi connectivity index (χ1v) is 11.5. The lowest BCUT2D eigenvalue weighted by Crippen LogP contribution is -2.47. The van der Waals surface area contributed by atoms with Gasteiger partial charge in [-0.05, 0) is 69.7 Å². The van der Waals surface area contributed by atoms with E-state index in [1.165, 1.54) is 22.5 Å². The van der Waals surface area contributed by atoms with Gasteiger partial charge in [-0.15, -0.1) is 0 Å². The zero-order valence-corrected chi connectivity index (χ0v) is 18.8. The minimum atomic E-state index is -3.72. The number of amides is 1. The van der Waals surface area contributed by atoms with Crippen molar-refractivity contribution in [2.75, 3.05) is 19.7 Å². The van der Waals surface area contributed by atoms with Crippen molar-refractivity contribution < 1.29 is 23.1 Å². The van der Waals surface area contributed by atoms with Crippen LogP contribution in [-0.4, -0.2) is 55.3 Å². The number of nitrogens with one attached hydrogen (secondary N) is 1. The van der Waals surface area contributed by atoms with Gasteiger partial charge in [0, 0.05) is 25.7 Å². The molecule has 0 aliphatic carbocycles. The standard InChI is InChI=1S/C21H31N3O5S/c1-15(14-25)11-17-12-19(6-5-16(17)13-22)30(27,28)24-9-7-18(8-10-24)23-20(26)29-21(2,3)4/h5-6,12,15,18,25H,7-11,14H2,1-4H3,(H,23,26)/t15-/m0/s1. The predicted molar refractivity (Wildman–Crippen MR) is 112 cm³/mol. The van der Waals surface area contributed by atoms with Crippen molar-refractivity contribution in [3.8, 4) is 6.07 Å². The fourth-order valence-corrected chi connectivity index (χ4v) is 4.83. The molecule has 0 unspecified atom stereocenters. The second-order valence-corrected chi connectivity index (χ2v) is 10.7. The number of ether oxygens (including phenoxy) is 1. The Morgan fingerprint density at radius 3 is 2.53 bits per heavy atom. The van der Waals surface area contributed by atoms with Crippen LogP contribution >= 0.6 is 0 Å². The van der Waals surface area contributed by atoms with Gasteiger partial charge in [0.2, 0.25) is 10.0 Å². The molecule has 166 valence electrons. The van der Waals surface area contributed by atoms with Crippen molar-refractivity contribution in [1.29, 1.82) is 5.26 Å². The van der Waals surface area contributed by atoms with Gasteiger partial charge in [0.05, 0.1) is 16.5 Å². The Bertz CT molecular complexity index is 894. The number of rotatable bonds is 6. The van der Waals surface area contributed by atoms with Crippen LogP contribution in [0.25, 0.3) is 0 Å². The Morgan fingerprint density at radius 1 is 1.37 bits per heavy atom. The van der Waals surface area contributed by atoms with Gasteiger partial charge in [-0.1, -0.05) is 6.92 Å². The summed E-state index contributed by atoms with van der Waals surface area (Å²) >= 11 is 0. The summed E-state index contributed by atoms with van der Waals surface area (Å²) in [6, 6.07) is 6.44. The number of sulfonamides is 1. The smallest absolute Gasteiger partial charge is 0.407 e. The number of benzene rings is 1. The molecule has 9 heteroatoms. The molecular formula is C21H31N3O5S. The highest BCUT2D eigenvalue weighted by Gasteiger charge is 2.31. The second kappa shape index (κ2) is 9.77. The van der Waals surface area contributed by atoms with Gasteiger partial charge in [0.15, 0.2) is 0 Å². The molecule has 1 fully saturated rings. The molecular weight excluding hydrogens is 406 g/mol. The lowest BCUT2D eigenvalue weighted by Gasteiger charge is -2.32. The predicted octanol–water partition coefficient (Wildman–Crippen LogP) is 2.41. The summed E-state index contributed by atoms with van der Waals surface area (Å²) in [7, 11) is -3.72. The quantitative estimate of drug-likeness (QED) is 0.705. The minimum absolute atomic E-state index is 0.0417. The molecule has 1 amide bonds. The summed E-state index contributed by atoms with van der Waals surface area (Å²) in [4.78, 5) is 12.1. The van der Waals surface area contributed by atoms with Gasteiger partial charge in [-0.25, -0.2) is 13.2 Å². The third-order valence-corrected chi connectivity index (χ3v) is 6.78. The Morgan fingerprint density at radius 2 is 2.00 bits per heavy atom. The van der Waals surface area contributed by atoms with Crippen LogP contribution in [0.2, 0.25) is 0 Å². The molecule has 0 spiro atoms. The zero-order valence-electron chi connectivity index (χ0n) is 18.0. The first-order valence-electron chi connectivity index (χ1n) is 10.1. The van der Waals surface area contributed by atoms with E-state index in [1.807, 2.05) is 6.92 Å². The summed E-state index contributed by atoms with van der Waals surface area (Å²) in [6.45, 7) is 7.72. The van der Waals surface area contributed by atoms with E-state index in [0.29, 0.717) is 30.4 Å². The molecule has 1 aliphatic heterocycles. The topological polar surface area (TPSA) is 120 Å². The Labute approximate surface area is 178 Å². The molecule has 0 radical (unpaired) electrons. The Kier molecular flexibility index (Phi) is 7.86. The number of piperidine rings is 1. The van der Waals surface area contributed by atoms with Gasteiger partial charge in [0.1, 0.15) is 5.60 Å². The van der Waals surface area contributed by atoms with Crippen LogP contribution in [0.4, 0.5) is 4.79 Å². The van der Waals surface area contributed by atoms with Crippen molar-refractivity contribution in [3.63, 3.8) is 0 Å². The average Bonchev–Trinajstić information content (AvgIpc) is 2.66. The van der Waals surface area contributed by atoms with E-state index in [9.17, 15) is 23.6 Å². The van der Waals surface area contributed by atoms with E-state index in [4.69, 9.17) is 4.74 Å².